The fourth-order valence-corrected chi connectivity index (χ4v) is 4.78. The van der Waals surface area contributed by atoms with E-state index in [1.54, 1.807) is 0 Å². The van der Waals surface area contributed by atoms with Gasteiger partial charge in [-0.1, -0.05) is 17.7 Å². The van der Waals surface area contributed by atoms with Crippen LogP contribution in [0.5, 0.6) is 0 Å². The molecule has 0 spiro atoms. The van der Waals surface area contributed by atoms with Crippen molar-refractivity contribution >= 4 is 22.9 Å². The summed E-state index contributed by atoms with van der Waals surface area (Å²) in [6.45, 7) is 5.61. The van der Waals surface area contributed by atoms with E-state index in [4.69, 9.17) is 0 Å². The van der Waals surface area contributed by atoms with Gasteiger partial charge in [0.1, 0.15) is 0 Å². The molecular weight excluding hydrogens is 316 g/mol. The van der Waals surface area contributed by atoms with E-state index in [2.05, 4.69) is 34.7 Å². The SMILES string of the molecule is Cc1ccc(NC(=O)CN2CCc3sccc3[C@@H]2C2CC2)c(C)c1. The zero-order valence-electron chi connectivity index (χ0n) is 14.3. The second kappa shape index (κ2) is 6.34. The average Bonchev–Trinajstić information content (AvgIpc) is 3.26. The van der Waals surface area contributed by atoms with Crippen molar-refractivity contribution < 1.29 is 4.79 Å². The number of carbonyl (C=O) groups is 1. The molecule has 3 nitrogen and oxygen atoms in total. The van der Waals surface area contributed by atoms with Crippen molar-refractivity contribution in [2.75, 3.05) is 18.4 Å². The predicted molar refractivity (Wildman–Crippen MR) is 99.6 cm³/mol. The van der Waals surface area contributed by atoms with E-state index in [0.717, 1.165) is 30.1 Å². The molecule has 2 aromatic rings. The first kappa shape index (κ1) is 15.9. The van der Waals surface area contributed by atoms with Crippen molar-refractivity contribution in [3.8, 4) is 0 Å². The van der Waals surface area contributed by atoms with Gasteiger partial charge < -0.3 is 5.32 Å². The molecule has 1 amide bonds. The maximum absolute atomic E-state index is 12.6. The van der Waals surface area contributed by atoms with Gasteiger partial charge in [0.15, 0.2) is 0 Å². The van der Waals surface area contributed by atoms with Gasteiger partial charge in [0.05, 0.1) is 6.54 Å². The maximum atomic E-state index is 12.6. The molecule has 2 aliphatic rings. The van der Waals surface area contributed by atoms with Crippen LogP contribution in [0.1, 0.15) is 40.5 Å². The van der Waals surface area contributed by atoms with E-state index < -0.39 is 0 Å². The predicted octanol–water partition coefficient (Wildman–Crippen LogP) is 4.31. The van der Waals surface area contributed by atoms with E-state index in [9.17, 15) is 4.79 Å². The molecule has 4 heteroatoms. The minimum atomic E-state index is 0.103. The summed E-state index contributed by atoms with van der Waals surface area (Å²) in [5.74, 6) is 0.846. The van der Waals surface area contributed by atoms with Crippen molar-refractivity contribution in [3.63, 3.8) is 0 Å². The second-order valence-electron chi connectivity index (χ2n) is 7.17. The van der Waals surface area contributed by atoms with Gasteiger partial charge in [0.2, 0.25) is 5.91 Å². The van der Waals surface area contributed by atoms with Gasteiger partial charge >= 0.3 is 0 Å². The quantitative estimate of drug-likeness (QED) is 0.899. The number of carbonyl (C=O) groups excluding carboxylic acids is 1. The molecule has 1 atom stereocenters. The number of anilines is 1. The van der Waals surface area contributed by atoms with Crippen LogP contribution in [-0.2, 0) is 11.2 Å². The Morgan fingerprint density at radius 1 is 1.29 bits per heavy atom. The Kier molecular flexibility index (Phi) is 4.19. The summed E-state index contributed by atoms with van der Waals surface area (Å²) in [4.78, 5) is 16.5. The lowest BCUT2D eigenvalue weighted by molar-refractivity contribution is -0.118. The summed E-state index contributed by atoms with van der Waals surface area (Å²) in [5.41, 5.74) is 4.76. The molecule has 24 heavy (non-hydrogen) atoms. The van der Waals surface area contributed by atoms with Gasteiger partial charge in [-0.15, -0.1) is 11.3 Å². The number of thiophene rings is 1. The van der Waals surface area contributed by atoms with Crippen LogP contribution in [0.2, 0.25) is 0 Å². The minimum Gasteiger partial charge on any atom is -0.325 e. The van der Waals surface area contributed by atoms with E-state index in [1.807, 2.05) is 30.4 Å². The maximum Gasteiger partial charge on any atom is 0.238 e. The van der Waals surface area contributed by atoms with Crippen LogP contribution in [0.25, 0.3) is 0 Å². The first-order valence-corrected chi connectivity index (χ1v) is 9.67. The molecule has 0 radical (unpaired) electrons. The molecule has 1 fully saturated rings. The number of hydrogen-bond donors (Lipinski definition) is 1. The third kappa shape index (κ3) is 3.13. The molecule has 2 heterocycles. The van der Waals surface area contributed by atoms with Crippen LogP contribution in [0.3, 0.4) is 0 Å². The van der Waals surface area contributed by atoms with E-state index in [0.29, 0.717) is 12.6 Å². The normalized spacial score (nSPS) is 20.7. The minimum absolute atomic E-state index is 0.103. The zero-order valence-corrected chi connectivity index (χ0v) is 15.2. The first-order chi connectivity index (χ1) is 11.6. The summed E-state index contributed by atoms with van der Waals surface area (Å²) < 4.78 is 0. The molecular formula is C20H24N2OS. The molecule has 126 valence electrons. The number of aryl methyl sites for hydroxylation is 2. The molecule has 1 aliphatic carbocycles. The average molecular weight is 340 g/mol. The number of nitrogens with one attached hydrogen (secondary N) is 1. The lowest BCUT2D eigenvalue weighted by Gasteiger charge is -2.35. The number of amides is 1. The highest BCUT2D eigenvalue weighted by Gasteiger charge is 2.40. The topological polar surface area (TPSA) is 32.3 Å². The smallest absolute Gasteiger partial charge is 0.238 e. The molecule has 1 saturated carbocycles. The van der Waals surface area contributed by atoms with Crippen molar-refractivity contribution in [2.45, 2.75) is 39.2 Å². The van der Waals surface area contributed by atoms with Gasteiger partial charge in [-0.3, -0.25) is 9.69 Å². The van der Waals surface area contributed by atoms with E-state index in [1.165, 1.54) is 28.8 Å². The molecule has 0 saturated heterocycles. The standard InChI is InChI=1S/C20H24N2OS/c1-13-3-6-17(14(2)11-13)21-19(23)12-22-9-7-18-16(8-10-24-18)20(22)15-4-5-15/h3,6,8,10-11,15,20H,4-5,7,9,12H2,1-2H3,(H,21,23)/t20-/m0/s1. The molecule has 1 aromatic carbocycles. The Hall–Kier alpha value is -1.65. The third-order valence-electron chi connectivity index (χ3n) is 5.19. The molecule has 0 unspecified atom stereocenters. The third-order valence-corrected chi connectivity index (χ3v) is 6.19. The monoisotopic (exact) mass is 340 g/mol. The Balaban J connectivity index is 1.47. The van der Waals surface area contributed by atoms with Crippen molar-refractivity contribution in [1.29, 1.82) is 0 Å². The van der Waals surface area contributed by atoms with Crippen LogP contribution in [0.15, 0.2) is 29.6 Å². The molecule has 1 aromatic heterocycles. The van der Waals surface area contributed by atoms with Crippen LogP contribution < -0.4 is 5.32 Å². The second-order valence-corrected chi connectivity index (χ2v) is 8.17. The van der Waals surface area contributed by atoms with Crippen LogP contribution in [0.4, 0.5) is 5.69 Å². The first-order valence-electron chi connectivity index (χ1n) is 8.79. The van der Waals surface area contributed by atoms with Gasteiger partial charge in [0.25, 0.3) is 0 Å². The fraction of sp³-hybridized carbons (Fsp3) is 0.450. The van der Waals surface area contributed by atoms with Crippen LogP contribution >= 0.6 is 11.3 Å². The molecule has 0 bridgehead atoms. The number of benzene rings is 1. The highest BCUT2D eigenvalue weighted by molar-refractivity contribution is 7.10. The Morgan fingerprint density at radius 3 is 2.88 bits per heavy atom. The largest absolute Gasteiger partial charge is 0.325 e. The highest BCUT2D eigenvalue weighted by Crippen LogP contribution is 2.48. The summed E-state index contributed by atoms with van der Waals surface area (Å²) in [7, 11) is 0. The van der Waals surface area contributed by atoms with Gasteiger partial charge in [-0.25, -0.2) is 0 Å². The lowest BCUT2D eigenvalue weighted by Crippen LogP contribution is -2.41. The highest BCUT2D eigenvalue weighted by atomic mass is 32.1. The lowest BCUT2D eigenvalue weighted by atomic mass is 9.96. The zero-order chi connectivity index (χ0) is 16.7. The van der Waals surface area contributed by atoms with Gasteiger partial charge in [-0.2, -0.15) is 0 Å². The number of rotatable bonds is 4. The summed E-state index contributed by atoms with van der Waals surface area (Å²) in [6, 6.07) is 8.89. The Labute approximate surface area is 147 Å². The Bertz CT molecular complexity index is 763. The number of nitrogens with zero attached hydrogens (tertiary/aromatic N) is 1. The summed E-state index contributed by atoms with van der Waals surface area (Å²) >= 11 is 1.87. The molecule has 4 rings (SSSR count). The summed E-state index contributed by atoms with van der Waals surface area (Å²) in [5, 5.41) is 5.31. The molecule has 1 aliphatic heterocycles. The van der Waals surface area contributed by atoms with Crippen LogP contribution in [-0.4, -0.2) is 23.9 Å². The van der Waals surface area contributed by atoms with Crippen molar-refractivity contribution in [3.05, 3.63) is 51.2 Å². The van der Waals surface area contributed by atoms with E-state index >= 15 is 0 Å². The fourth-order valence-electron chi connectivity index (χ4n) is 3.87. The van der Waals surface area contributed by atoms with Gasteiger partial charge in [0, 0.05) is 23.2 Å². The number of hydrogen-bond acceptors (Lipinski definition) is 3. The van der Waals surface area contributed by atoms with Crippen molar-refractivity contribution in [2.24, 2.45) is 5.92 Å². The molecule has 1 N–H and O–H groups in total. The Morgan fingerprint density at radius 2 is 2.12 bits per heavy atom. The number of fused-ring (bicyclic) bond motifs is 1. The van der Waals surface area contributed by atoms with Crippen LogP contribution in [0, 0.1) is 19.8 Å². The van der Waals surface area contributed by atoms with Crippen molar-refractivity contribution in [1.82, 2.24) is 4.90 Å². The summed E-state index contributed by atoms with van der Waals surface area (Å²) in [6.07, 6.45) is 3.68. The van der Waals surface area contributed by atoms with Gasteiger partial charge in [-0.05, 0) is 67.7 Å². The van der Waals surface area contributed by atoms with E-state index in [-0.39, 0.29) is 5.91 Å².